The Balaban J connectivity index is 2.44. The molecular formula is C15H17FN2. The smallest absolute Gasteiger partial charge is 0.142 e. The molecular weight excluding hydrogens is 227 g/mol. The molecule has 0 aliphatic carbocycles. The number of benzene rings is 1. The monoisotopic (exact) mass is 244 g/mol. The lowest BCUT2D eigenvalue weighted by Gasteiger charge is -2.11. The number of aryl methyl sites for hydroxylation is 1. The summed E-state index contributed by atoms with van der Waals surface area (Å²) in [7, 11) is 0. The molecule has 0 atom stereocenters. The molecule has 1 N–H and O–H groups in total. The summed E-state index contributed by atoms with van der Waals surface area (Å²) in [4.78, 5) is 3.92. The molecule has 94 valence electrons. The van der Waals surface area contributed by atoms with E-state index >= 15 is 0 Å². The highest BCUT2D eigenvalue weighted by atomic mass is 19.1. The minimum atomic E-state index is -0.302. The zero-order chi connectivity index (χ0) is 13.0. The van der Waals surface area contributed by atoms with Crippen LogP contribution in [0.3, 0.4) is 0 Å². The van der Waals surface area contributed by atoms with Gasteiger partial charge in [-0.25, -0.2) is 4.39 Å². The van der Waals surface area contributed by atoms with Crippen LogP contribution in [0, 0.1) is 12.7 Å². The summed E-state index contributed by atoms with van der Waals surface area (Å²) in [5, 5.41) is 3.29. The zero-order valence-corrected chi connectivity index (χ0v) is 10.7. The third-order valence-corrected chi connectivity index (χ3v) is 2.85. The van der Waals surface area contributed by atoms with Crippen LogP contribution in [0.15, 0.2) is 36.7 Å². The zero-order valence-electron chi connectivity index (χ0n) is 10.7. The van der Waals surface area contributed by atoms with Gasteiger partial charge in [0.2, 0.25) is 0 Å². The van der Waals surface area contributed by atoms with Crippen LogP contribution in [0.5, 0.6) is 0 Å². The number of pyridine rings is 1. The SMILES string of the molecule is CCNCc1ccc(C)cc1-c1cncc(F)c1. The van der Waals surface area contributed by atoms with Crippen molar-refractivity contribution in [2.75, 3.05) is 6.54 Å². The van der Waals surface area contributed by atoms with Crippen molar-refractivity contribution in [3.63, 3.8) is 0 Å². The first-order chi connectivity index (χ1) is 8.70. The van der Waals surface area contributed by atoms with Gasteiger partial charge in [-0.15, -0.1) is 0 Å². The Hall–Kier alpha value is -1.74. The second-order valence-electron chi connectivity index (χ2n) is 4.33. The van der Waals surface area contributed by atoms with E-state index in [1.165, 1.54) is 12.3 Å². The summed E-state index contributed by atoms with van der Waals surface area (Å²) in [6.07, 6.45) is 2.93. The highest BCUT2D eigenvalue weighted by Gasteiger charge is 2.06. The van der Waals surface area contributed by atoms with Crippen molar-refractivity contribution >= 4 is 0 Å². The molecule has 18 heavy (non-hydrogen) atoms. The number of halogens is 1. The van der Waals surface area contributed by atoms with Crippen molar-refractivity contribution in [2.45, 2.75) is 20.4 Å². The molecule has 0 saturated heterocycles. The average molecular weight is 244 g/mol. The van der Waals surface area contributed by atoms with Crippen LogP contribution in [0.2, 0.25) is 0 Å². The van der Waals surface area contributed by atoms with Crippen LogP contribution in [0.1, 0.15) is 18.1 Å². The molecule has 0 radical (unpaired) electrons. The summed E-state index contributed by atoms with van der Waals surface area (Å²) >= 11 is 0. The molecule has 0 aliphatic rings. The maximum atomic E-state index is 13.3. The van der Waals surface area contributed by atoms with E-state index in [-0.39, 0.29) is 5.82 Å². The van der Waals surface area contributed by atoms with Crippen molar-refractivity contribution in [3.8, 4) is 11.1 Å². The van der Waals surface area contributed by atoms with Gasteiger partial charge in [0.05, 0.1) is 6.20 Å². The standard InChI is InChI=1S/C15H17FN2/c1-3-17-8-12-5-4-11(2)6-15(12)13-7-14(16)10-18-9-13/h4-7,9-10,17H,3,8H2,1-2H3. The molecule has 0 saturated carbocycles. The molecule has 2 rings (SSSR count). The molecule has 2 aromatic rings. The molecule has 1 aromatic carbocycles. The first kappa shape index (κ1) is 12.7. The number of hydrogen-bond donors (Lipinski definition) is 1. The van der Waals surface area contributed by atoms with Gasteiger partial charge in [0.1, 0.15) is 5.82 Å². The van der Waals surface area contributed by atoms with Gasteiger partial charge >= 0.3 is 0 Å². The second-order valence-corrected chi connectivity index (χ2v) is 4.33. The molecule has 0 bridgehead atoms. The highest BCUT2D eigenvalue weighted by molar-refractivity contribution is 5.67. The predicted octanol–water partition coefficient (Wildman–Crippen LogP) is 3.31. The van der Waals surface area contributed by atoms with Gasteiger partial charge in [-0.05, 0) is 30.7 Å². The van der Waals surface area contributed by atoms with E-state index in [0.29, 0.717) is 0 Å². The van der Waals surface area contributed by atoms with E-state index in [2.05, 4.69) is 35.4 Å². The van der Waals surface area contributed by atoms with Crippen LogP contribution in [-0.4, -0.2) is 11.5 Å². The van der Waals surface area contributed by atoms with Crippen molar-refractivity contribution in [2.24, 2.45) is 0 Å². The Bertz CT molecular complexity index is 538. The molecule has 2 nitrogen and oxygen atoms in total. The molecule has 3 heteroatoms. The van der Waals surface area contributed by atoms with Gasteiger partial charge in [-0.3, -0.25) is 4.98 Å². The molecule has 1 aromatic heterocycles. The molecule has 1 heterocycles. The van der Waals surface area contributed by atoms with Crippen molar-refractivity contribution in [1.82, 2.24) is 10.3 Å². The van der Waals surface area contributed by atoms with E-state index in [9.17, 15) is 4.39 Å². The van der Waals surface area contributed by atoms with E-state index in [1.54, 1.807) is 6.20 Å². The summed E-state index contributed by atoms with van der Waals surface area (Å²) in [5.41, 5.74) is 4.19. The summed E-state index contributed by atoms with van der Waals surface area (Å²) in [5.74, 6) is -0.302. The minimum absolute atomic E-state index is 0.302. The number of rotatable bonds is 4. The number of nitrogens with one attached hydrogen (secondary N) is 1. The molecule has 0 amide bonds. The van der Waals surface area contributed by atoms with E-state index < -0.39 is 0 Å². The Morgan fingerprint density at radius 3 is 2.78 bits per heavy atom. The van der Waals surface area contributed by atoms with Gasteiger partial charge in [-0.1, -0.05) is 30.7 Å². The third-order valence-electron chi connectivity index (χ3n) is 2.85. The van der Waals surface area contributed by atoms with E-state index in [1.807, 2.05) is 6.92 Å². The average Bonchev–Trinajstić information content (AvgIpc) is 2.37. The van der Waals surface area contributed by atoms with E-state index in [0.717, 1.165) is 35.3 Å². The van der Waals surface area contributed by atoms with Crippen molar-refractivity contribution in [3.05, 3.63) is 53.6 Å². The lowest BCUT2D eigenvalue weighted by molar-refractivity contribution is 0.622. The normalized spacial score (nSPS) is 10.6. The molecule has 0 spiro atoms. The second kappa shape index (κ2) is 5.74. The summed E-state index contributed by atoms with van der Waals surface area (Å²) in [6, 6.07) is 7.75. The molecule has 0 aliphatic heterocycles. The summed E-state index contributed by atoms with van der Waals surface area (Å²) in [6.45, 7) is 5.79. The molecule has 0 fully saturated rings. The van der Waals surface area contributed by atoms with Crippen LogP contribution >= 0.6 is 0 Å². The van der Waals surface area contributed by atoms with Crippen LogP contribution in [0.25, 0.3) is 11.1 Å². The highest BCUT2D eigenvalue weighted by Crippen LogP contribution is 2.25. The summed E-state index contributed by atoms with van der Waals surface area (Å²) < 4.78 is 13.3. The largest absolute Gasteiger partial charge is 0.313 e. The van der Waals surface area contributed by atoms with Gasteiger partial charge in [0.15, 0.2) is 0 Å². The fourth-order valence-electron chi connectivity index (χ4n) is 1.93. The van der Waals surface area contributed by atoms with Crippen molar-refractivity contribution < 1.29 is 4.39 Å². The van der Waals surface area contributed by atoms with Gasteiger partial charge in [0.25, 0.3) is 0 Å². The quantitative estimate of drug-likeness (QED) is 0.892. The van der Waals surface area contributed by atoms with Crippen LogP contribution in [-0.2, 0) is 6.54 Å². The van der Waals surface area contributed by atoms with Gasteiger partial charge in [-0.2, -0.15) is 0 Å². The maximum Gasteiger partial charge on any atom is 0.142 e. The van der Waals surface area contributed by atoms with E-state index in [4.69, 9.17) is 0 Å². The Kier molecular flexibility index (Phi) is 4.05. The Morgan fingerprint density at radius 1 is 1.22 bits per heavy atom. The number of aromatic nitrogens is 1. The predicted molar refractivity (Wildman–Crippen MR) is 71.7 cm³/mol. The lowest BCUT2D eigenvalue weighted by atomic mass is 9.98. The maximum absolute atomic E-state index is 13.3. The van der Waals surface area contributed by atoms with Gasteiger partial charge < -0.3 is 5.32 Å². The lowest BCUT2D eigenvalue weighted by Crippen LogP contribution is -2.12. The number of hydrogen-bond acceptors (Lipinski definition) is 2. The fraction of sp³-hybridized carbons (Fsp3) is 0.267. The topological polar surface area (TPSA) is 24.9 Å². The van der Waals surface area contributed by atoms with Crippen LogP contribution < -0.4 is 5.32 Å². The van der Waals surface area contributed by atoms with Crippen molar-refractivity contribution in [1.29, 1.82) is 0 Å². The first-order valence-corrected chi connectivity index (χ1v) is 6.12. The van der Waals surface area contributed by atoms with Gasteiger partial charge in [0, 0.05) is 18.3 Å². The Labute approximate surface area is 107 Å². The minimum Gasteiger partial charge on any atom is -0.313 e. The van der Waals surface area contributed by atoms with Crippen LogP contribution in [0.4, 0.5) is 4.39 Å². The Morgan fingerprint density at radius 2 is 2.06 bits per heavy atom. The third kappa shape index (κ3) is 2.93. The first-order valence-electron chi connectivity index (χ1n) is 6.12. The molecule has 0 unspecified atom stereocenters. The number of nitrogens with zero attached hydrogens (tertiary/aromatic N) is 1. The fourth-order valence-corrected chi connectivity index (χ4v) is 1.93.